The average molecular weight is 449 g/mol. The second-order valence-electron chi connectivity index (χ2n) is 6.85. The number of hydrogen-bond acceptors (Lipinski definition) is 7. The number of nitrogen functional groups attached to an aromatic ring is 2. The highest BCUT2D eigenvalue weighted by atomic mass is 35.5. The summed E-state index contributed by atoms with van der Waals surface area (Å²) in [6.07, 6.45) is 0. The van der Waals surface area contributed by atoms with Crippen LogP contribution in [0.4, 0.5) is 11.9 Å². The van der Waals surface area contributed by atoms with Crippen molar-refractivity contribution in [2.24, 2.45) is 0 Å². The molecule has 158 valence electrons. The standard InChI is InChI=1S/C20H22Cl2N6O2/c21-16-11-14(28-20(24)25-19(23)26-28)12-17(22)18(16)13-1-3-15(4-2-13)30-10-7-27-5-8-29-9-6-27/h1-4,11-12H,5-10H2,(H4,23,24,25,26). The molecule has 0 radical (unpaired) electrons. The Labute approximate surface area is 184 Å². The zero-order chi connectivity index (χ0) is 21.1. The molecule has 1 saturated heterocycles. The maximum absolute atomic E-state index is 6.52. The quantitative estimate of drug-likeness (QED) is 0.596. The third-order valence-electron chi connectivity index (χ3n) is 4.84. The lowest BCUT2D eigenvalue weighted by atomic mass is 10.0. The average Bonchev–Trinajstić information content (AvgIpc) is 3.07. The van der Waals surface area contributed by atoms with Crippen molar-refractivity contribution in [2.75, 3.05) is 50.9 Å². The summed E-state index contributed by atoms with van der Waals surface area (Å²) in [4.78, 5) is 6.22. The lowest BCUT2D eigenvalue weighted by Gasteiger charge is -2.26. The van der Waals surface area contributed by atoms with E-state index in [9.17, 15) is 0 Å². The molecule has 0 aliphatic carbocycles. The summed E-state index contributed by atoms with van der Waals surface area (Å²) in [5.41, 5.74) is 13.6. The Balaban J connectivity index is 1.46. The van der Waals surface area contributed by atoms with E-state index in [0.29, 0.717) is 27.9 Å². The number of nitrogens with zero attached hydrogens (tertiary/aromatic N) is 4. The fourth-order valence-electron chi connectivity index (χ4n) is 3.32. The third kappa shape index (κ3) is 4.62. The smallest absolute Gasteiger partial charge is 0.241 e. The lowest BCUT2D eigenvalue weighted by molar-refractivity contribution is 0.0322. The molecule has 0 bridgehead atoms. The Morgan fingerprint density at radius 3 is 2.30 bits per heavy atom. The summed E-state index contributed by atoms with van der Waals surface area (Å²) < 4.78 is 12.6. The van der Waals surface area contributed by atoms with E-state index >= 15 is 0 Å². The fourth-order valence-corrected chi connectivity index (χ4v) is 4.02. The van der Waals surface area contributed by atoms with Gasteiger partial charge in [-0.3, -0.25) is 4.90 Å². The highest BCUT2D eigenvalue weighted by molar-refractivity contribution is 6.39. The number of morpholine rings is 1. The number of hydrogen-bond donors (Lipinski definition) is 2. The molecule has 10 heteroatoms. The van der Waals surface area contributed by atoms with Crippen molar-refractivity contribution in [3.05, 3.63) is 46.4 Å². The number of anilines is 2. The summed E-state index contributed by atoms with van der Waals surface area (Å²) >= 11 is 13.0. The highest BCUT2D eigenvalue weighted by Gasteiger charge is 2.15. The van der Waals surface area contributed by atoms with E-state index in [-0.39, 0.29) is 11.9 Å². The summed E-state index contributed by atoms with van der Waals surface area (Å²) in [5.74, 6) is 1.03. The van der Waals surface area contributed by atoms with Gasteiger partial charge >= 0.3 is 0 Å². The minimum absolute atomic E-state index is 0.0769. The van der Waals surface area contributed by atoms with Gasteiger partial charge in [0.2, 0.25) is 11.9 Å². The summed E-state index contributed by atoms with van der Waals surface area (Å²) in [6, 6.07) is 11.1. The van der Waals surface area contributed by atoms with Gasteiger partial charge in [0, 0.05) is 25.2 Å². The van der Waals surface area contributed by atoms with Gasteiger partial charge in [0.05, 0.1) is 28.9 Å². The number of nitrogens with two attached hydrogens (primary N) is 2. The maximum Gasteiger partial charge on any atom is 0.241 e. The van der Waals surface area contributed by atoms with Crippen LogP contribution in [0.3, 0.4) is 0 Å². The molecule has 1 fully saturated rings. The molecule has 0 amide bonds. The molecule has 1 aromatic heterocycles. The predicted molar refractivity (Wildman–Crippen MR) is 118 cm³/mol. The van der Waals surface area contributed by atoms with Gasteiger partial charge in [-0.05, 0) is 29.8 Å². The van der Waals surface area contributed by atoms with Crippen molar-refractivity contribution in [1.82, 2.24) is 19.7 Å². The van der Waals surface area contributed by atoms with Crippen LogP contribution < -0.4 is 16.2 Å². The molecular formula is C20H22Cl2N6O2. The van der Waals surface area contributed by atoms with E-state index in [0.717, 1.165) is 44.2 Å². The Hall–Kier alpha value is -2.52. The topological polar surface area (TPSA) is 104 Å². The van der Waals surface area contributed by atoms with Gasteiger partial charge in [0.1, 0.15) is 12.4 Å². The predicted octanol–water partition coefficient (Wildman–Crippen LogP) is 3.12. The number of rotatable bonds is 6. The number of ether oxygens (including phenoxy) is 2. The minimum Gasteiger partial charge on any atom is -0.492 e. The Bertz CT molecular complexity index is 996. The molecule has 2 heterocycles. The largest absolute Gasteiger partial charge is 0.492 e. The Kier molecular flexibility index (Phi) is 6.29. The van der Waals surface area contributed by atoms with E-state index in [1.807, 2.05) is 24.3 Å². The molecule has 4 N–H and O–H groups in total. The van der Waals surface area contributed by atoms with Crippen LogP contribution in [-0.4, -0.2) is 59.1 Å². The molecule has 1 aliphatic rings. The molecule has 0 spiro atoms. The first kappa shape index (κ1) is 20.7. The normalized spacial score (nSPS) is 14.7. The van der Waals surface area contributed by atoms with Crippen molar-refractivity contribution in [3.63, 3.8) is 0 Å². The fraction of sp³-hybridized carbons (Fsp3) is 0.300. The number of halogens is 2. The second kappa shape index (κ2) is 9.09. The first-order valence-electron chi connectivity index (χ1n) is 9.52. The zero-order valence-electron chi connectivity index (χ0n) is 16.2. The summed E-state index contributed by atoms with van der Waals surface area (Å²) in [5, 5.41) is 4.98. The highest BCUT2D eigenvalue weighted by Crippen LogP contribution is 2.37. The lowest BCUT2D eigenvalue weighted by Crippen LogP contribution is -2.38. The zero-order valence-corrected chi connectivity index (χ0v) is 17.7. The van der Waals surface area contributed by atoms with E-state index in [4.69, 9.17) is 44.1 Å². The van der Waals surface area contributed by atoms with Gasteiger partial charge in [0.25, 0.3) is 0 Å². The molecule has 30 heavy (non-hydrogen) atoms. The van der Waals surface area contributed by atoms with Crippen LogP contribution in [-0.2, 0) is 4.74 Å². The van der Waals surface area contributed by atoms with Gasteiger partial charge in [-0.1, -0.05) is 35.3 Å². The first-order chi connectivity index (χ1) is 14.5. The molecular weight excluding hydrogens is 427 g/mol. The van der Waals surface area contributed by atoms with Crippen LogP contribution >= 0.6 is 23.2 Å². The van der Waals surface area contributed by atoms with Gasteiger partial charge in [0.15, 0.2) is 0 Å². The molecule has 1 aliphatic heterocycles. The maximum atomic E-state index is 6.52. The number of benzene rings is 2. The first-order valence-corrected chi connectivity index (χ1v) is 10.3. The molecule has 2 aromatic carbocycles. The van der Waals surface area contributed by atoms with Crippen LogP contribution in [0.15, 0.2) is 36.4 Å². The van der Waals surface area contributed by atoms with E-state index in [1.54, 1.807) is 12.1 Å². The molecule has 0 atom stereocenters. The van der Waals surface area contributed by atoms with Crippen molar-refractivity contribution >= 4 is 35.1 Å². The van der Waals surface area contributed by atoms with Crippen LogP contribution in [0.25, 0.3) is 16.8 Å². The van der Waals surface area contributed by atoms with Gasteiger partial charge < -0.3 is 20.9 Å². The van der Waals surface area contributed by atoms with Crippen molar-refractivity contribution in [3.8, 4) is 22.6 Å². The molecule has 3 aromatic rings. The van der Waals surface area contributed by atoms with Crippen LogP contribution in [0.2, 0.25) is 10.0 Å². The third-order valence-corrected chi connectivity index (χ3v) is 5.44. The SMILES string of the molecule is Nc1nc(N)n(-c2cc(Cl)c(-c3ccc(OCCN4CCOCC4)cc3)c(Cl)c2)n1. The van der Waals surface area contributed by atoms with E-state index in [2.05, 4.69) is 15.0 Å². The monoisotopic (exact) mass is 448 g/mol. The summed E-state index contributed by atoms with van der Waals surface area (Å²) in [6.45, 7) is 4.96. The Morgan fingerprint density at radius 1 is 1.03 bits per heavy atom. The summed E-state index contributed by atoms with van der Waals surface area (Å²) in [7, 11) is 0. The van der Waals surface area contributed by atoms with Crippen molar-refractivity contribution < 1.29 is 9.47 Å². The molecule has 0 saturated carbocycles. The van der Waals surface area contributed by atoms with Crippen LogP contribution in [0, 0.1) is 0 Å². The number of aromatic nitrogens is 3. The van der Waals surface area contributed by atoms with Crippen molar-refractivity contribution in [1.29, 1.82) is 0 Å². The van der Waals surface area contributed by atoms with E-state index in [1.165, 1.54) is 4.68 Å². The van der Waals surface area contributed by atoms with E-state index < -0.39 is 0 Å². The van der Waals surface area contributed by atoms with Crippen LogP contribution in [0.5, 0.6) is 5.75 Å². The molecule has 0 unspecified atom stereocenters. The van der Waals surface area contributed by atoms with Crippen molar-refractivity contribution in [2.45, 2.75) is 0 Å². The Morgan fingerprint density at radius 2 is 1.70 bits per heavy atom. The van der Waals surface area contributed by atoms with Crippen LogP contribution in [0.1, 0.15) is 0 Å². The minimum atomic E-state index is 0.0769. The molecule has 8 nitrogen and oxygen atoms in total. The molecule has 4 rings (SSSR count). The van der Waals surface area contributed by atoms with Gasteiger partial charge in [-0.25, -0.2) is 0 Å². The second-order valence-corrected chi connectivity index (χ2v) is 7.67. The van der Waals surface area contributed by atoms with Gasteiger partial charge in [-0.15, -0.1) is 5.10 Å². The van der Waals surface area contributed by atoms with Gasteiger partial charge in [-0.2, -0.15) is 9.67 Å².